The molecule has 0 heterocycles. The van der Waals surface area contributed by atoms with Crippen molar-refractivity contribution in [3.8, 4) is 0 Å². The Morgan fingerprint density at radius 2 is 1.59 bits per heavy atom. The number of sulfonamides is 1. The second-order valence-electron chi connectivity index (χ2n) is 6.20. The minimum atomic E-state index is -3.80. The molecule has 138 valence electrons. The summed E-state index contributed by atoms with van der Waals surface area (Å²) < 4.78 is 27.9. The van der Waals surface area contributed by atoms with Gasteiger partial charge in [-0.15, -0.1) is 0 Å². The Morgan fingerprint density at radius 3 is 2.30 bits per heavy atom. The lowest BCUT2D eigenvalue weighted by molar-refractivity contribution is 0.0993. The number of nitrogens with zero attached hydrogens (tertiary/aromatic N) is 1. The first-order valence-electron chi connectivity index (χ1n) is 8.39. The van der Waals surface area contributed by atoms with Gasteiger partial charge in [0.15, 0.2) is 0 Å². The van der Waals surface area contributed by atoms with Crippen molar-refractivity contribution in [1.82, 2.24) is 0 Å². The van der Waals surface area contributed by atoms with Crippen LogP contribution in [0.15, 0.2) is 83.8 Å². The smallest absolute Gasteiger partial charge is 0.261 e. The first-order chi connectivity index (χ1) is 12.9. The van der Waals surface area contributed by atoms with Gasteiger partial charge >= 0.3 is 0 Å². The third-order valence-corrected chi connectivity index (χ3v) is 5.49. The van der Waals surface area contributed by atoms with E-state index in [2.05, 4.69) is 4.72 Å². The van der Waals surface area contributed by atoms with Crippen molar-refractivity contribution < 1.29 is 13.2 Å². The van der Waals surface area contributed by atoms with Crippen LogP contribution in [0, 0.1) is 6.92 Å². The Bertz CT molecular complexity index is 1060. The fourth-order valence-electron chi connectivity index (χ4n) is 2.68. The Hall–Kier alpha value is -3.12. The van der Waals surface area contributed by atoms with E-state index in [9.17, 15) is 13.2 Å². The second-order valence-corrected chi connectivity index (χ2v) is 7.88. The molecule has 0 fully saturated rings. The average Bonchev–Trinajstić information content (AvgIpc) is 2.67. The molecule has 3 aromatic rings. The maximum atomic E-state index is 12.7. The number of carbonyl (C=O) groups excluding carboxylic acids is 1. The Labute approximate surface area is 159 Å². The van der Waals surface area contributed by atoms with Gasteiger partial charge in [0.25, 0.3) is 15.9 Å². The summed E-state index contributed by atoms with van der Waals surface area (Å²) in [5.41, 5.74) is 2.46. The zero-order chi connectivity index (χ0) is 19.4. The van der Waals surface area contributed by atoms with Crippen LogP contribution >= 0.6 is 0 Å². The average molecular weight is 380 g/mol. The van der Waals surface area contributed by atoms with Crippen molar-refractivity contribution >= 4 is 27.3 Å². The highest BCUT2D eigenvalue weighted by Gasteiger charge is 2.19. The fourth-order valence-corrected chi connectivity index (χ4v) is 3.78. The zero-order valence-electron chi connectivity index (χ0n) is 15.1. The highest BCUT2D eigenvalue weighted by molar-refractivity contribution is 7.92. The van der Waals surface area contributed by atoms with E-state index in [-0.39, 0.29) is 10.8 Å². The van der Waals surface area contributed by atoms with Crippen molar-refractivity contribution in [2.24, 2.45) is 0 Å². The summed E-state index contributed by atoms with van der Waals surface area (Å²) in [5, 5.41) is 0. The van der Waals surface area contributed by atoms with Gasteiger partial charge in [-0.2, -0.15) is 0 Å². The summed E-state index contributed by atoms with van der Waals surface area (Å²) in [7, 11) is -2.14. The molecular formula is C21H20N2O3S. The maximum absolute atomic E-state index is 12.7. The van der Waals surface area contributed by atoms with Crippen molar-refractivity contribution in [1.29, 1.82) is 0 Å². The lowest BCUT2D eigenvalue weighted by Gasteiger charge is -2.18. The Kier molecular flexibility index (Phi) is 5.28. The van der Waals surface area contributed by atoms with E-state index >= 15 is 0 Å². The summed E-state index contributed by atoms with van der Waals surface area (Å²) >= 11 is 0. The number of hydrogen-bond donors (Lipinski definition) is 1. The summed E-state index contributed by atoms with van der Waals surface area (Å²) in [5.74, 6) is -0.284. The minimum Gasteiger partial charge on any atom is -0.311 e. The van der Waals surface area contributed by atoms with E-state index in [4.69, 9.17) is 0 Å². The highest BCUT2D eigenvalue weighted by atomic mass is 32.2. The molecule has 0 atom stereocenters. The third-order valence-electron chi connectivity index (χ3n) is 4.11. The van der Waals surface area contributed by atoms with Gasteiger partial charge in [0.1, 0.15) is 0 Å². The molecule has 0 saturated heterocycles. The number of rotatable bonds is 5. The van der Waals surface area contributed by atoms with Gasteiger partial charge in [0, 0.05) is 24.0 Å². The molecular weight excluding hydrogens is 360 g/mol. The standard InChI is InChI=1S/C21H20N2O3S/c1-16-8-6-10-18(14-16)22-27(25,26)20-13-7-9-17(15-20)21(24)23(2)19-11-4-3-5-12-19/h3-15,22H,1-2H3. The fraction of sp³-hybridized carbons (Fsp3) is 0.0952. The molecule has 1 amide bonds. The molecule has 3 aromatic carbocycles. The van der Waals surface area contributed by atoms with Crippen LogP contribution in [0.5, 0.6) is 0 Å². The van der Waals surface area contributed by atoms with Gasteiger partial charge in [0.2, 0.25) is 0 Å². The quantitative estimate of drug-likeness (QED) is 0.725. The predicted molar refractivity (Wildman–Crippen MR) is 108 cm³/mol. The number of para-hydroxylation sites is 1. The molecule has 0 aliphatic carbocycles. The number of amides is 1. The molecule has 0 unspecified atom stereocenters. The van der Waals surface area contributed by atoms with Crippen LogP contribution in [0.3, 0.4) is 0 Å². The normalized spacial score (nSPS) is 11.0. The van der Waals surface area contributed by atoms with Gasteiger partial charge in [-0.25, -0.2) is 8.42 Å². The van der Waals surface area contributed by atoms with Crippen molar-refractivity contribution in [3.05, 3.63) is 90.0 Å². The SMILES string of the molecule is Cc1cccc(NS(=O)(=O)c2cccc(C(=O)N(C)c3ccccc3)c2)c1. The summed E-state index contributed by atoms with van der Waals surface area (Å²) in [6, 6.07) is 22.3. The van der Waals surface area contributed by atoms with E-state index in [1.54, 1.807) is 37.4 Å². The molecule has 5 nitrogen and oxygen atoms in total. The molecule has 1 N–H and O–H groups in total. The van der Waals surface area contributed by atoms with E-state index in [1.165, 1.54) is 17.0 Å². The molecule has 0 aliphatic heterocycles. The lowest BCUT2D eigenvalue weighted by atomic mass is 10.2. The zero-order valence-corrected chi connectivity index (χ0v) is 15.9. The van der Waals surface area contributed by atoms with Gasteiger partial charge in [-0.3, -0.25) is 9.52 Å². The summed E-state index contributed by atoms with van der Waals surface area (Å²) in [6.45, 7) is 1.89. The van der Waals surface area contributed by atoms with Crippen molar-refractivity contribution in [2.45, 2.75) is 11.8 Å². The van der Waals surface area contributed by atoms with Crippen LogP contribution in [-0.4, -0.2) is 21.4 Å². The van der Waals surface area contributed by atoms with Crippen LogP contribution in [0.2, 0.25) is 0 Å². The van der Waals surface area contributed by atoms with Crippen LogP contribution in [-0.2, 0) is 10.0 Å². The van der Waals surface area contributed by atoms with Crippen LogP contribution in [0.1, 0.15) is 15.9 Å². The number of aryl methyl sites for hydroxylation is 1. The Morgan fingerprint density at radius 1 is 0.889 bits per heavy atom. The number of carbonyl (C=O) groups is 1. The molecule has 0 aliphatic rings. The molecule has 27 heavy (non-hydrogen) atoms. The number of benzene rings is 3. The van der Waals surface area contributed by atoms with Crippen LogP contribution in [0.4, 0.5) is 11.4 Å². The molecule has 3 rings (SSSR count). The number of nitrogens with one attached hydrogen (secondary N) is 1. The molecule has 0 radical (unpaired) electrons. The van der Waals surface area contributed by atoms with Gasteiger partial charge < -0.3 is 4.90 Å². The summed E-state index contributed by atoms with van der Waals surface area (Å²) in [6.07, 6.45) is 0. The first-order valence-corrected chi connectivity index (χ1v) is 9.88. The molecule has 0 saturated carbocycles. The van der Waals surface area contributed by atoms with Gasteiger partial charge in [-0.05, 0) is 55.0 Å². The van der Waals surface area contributed by atoms with E-state index < -0.39 is 10.0 Å². The number of anilines is 2. The maximum Gasteiger partial charge on any atom is 0.261 e. The molecule has 0 spiro atoms. The third kappa shape index (κ3) is 4.35. The molecule has 0 aromatic heterocycles. The molecule has 0 bridgehead atoms. The van der Waals surface area contributed by atoms with Gasteiger partial charge in [0.05, 0.1) is 4.90 Å². The van der Waals surface area contributed by atoms with Crippen molar-refractivity contribution in [2.75, 3.05) is 16.7 Å². The topological polar surface area (TPSA) is 66.5 Å². The van der Waals surface area contributed by atoms with Crippen molar-refractivity contribution in [3.63, 3.8) is 0 Å². The van der Waals surface area contributed by atoms with Crippen LogP contribution < -0.4 is 9.62 Å². The molecule has 6 heteroatoms. The first kappa shape index (κ1) is 18.7. The monoisotopic (exact) mass is 380 g/mol. The van der Waals surface area contributed by atoms with E-state index in [1.807, 2.05) is 43.3 Å². The van der Waals surface area contributed by atoms with E-state index in [0.29, 0.717) is 11.3 Å². The predicted octanol–water partition coefficient (Wildman–Crippen LogP) is 4.07. The largest absolute Gasteiger partial charge is 0.311 e. The van der Waals surface area contributed by atoms with E-state index in [0.717, 1.165) is 11.3 Å². The summed E-state index contributed by atoms with van der Waals surface area (Å²) in [4.78, 5) is 14.3. The van der Waals surface area contributed by atoms with Crippen LogP contribution in [0.25, 0.3) is 0 Å². The lowest BCUT2D eigenvalue weighted by Crippen LogP contribution is -2.26. The van der Waals surface area contributed by atoms with Gasteiger partial charge in [-0.1, -0.05) is 36.4 Å². The second kappa shape index (κ2) is 7.63. The highest BCUT2D eigenvalue weighted by Crippen LogP contribution is 2.20. The minimum absolute atomic E-state index is 0.0383. The number of hydrogen-bond acceptors (Lipinski definition) is 3. The Balaban J connectivity index is 1.87.